The average Bonchev–Trinajstić information content (AvgIpc) is 2.92. The van der Waals surface area contributed by atoms with E-state index in [0.717, 1.165) is 67.0 Å². The molecule has 1 saturated heterocycles. The Morgan fingerprint density at radius 3 is 2.26 bits per heavy atom. The van der Waals surface area contributed by atoms with Gasteiger partial charge in [-0.25, -0.2) is 9.78 Å². The molecule has 0 radical (unpaired) electrons. The zero-order valence-corrected chi connectivity index (χ0v) is 22.0. The summed E-state index contributed by atoms with van der Waals surface area (Å²) >= 11 is 0. The summed E-state index contributed by atoms with van der Waals surface area (Å²) < 4.78 is 10.9. The number of allylic oxidation sites excluding steroid dienone is 1. The number of carbonyl (C=O) groups is 1. The van der Waals surface area contributed by atoms with Crippen molar-refractivity contribution >= 4 is 28.9 Å². The van der Waals surface area contributed by atoms with Crippen LogP contribution < -0.4 is 9.64 Å². The molecule has 38 heavy (non-hydrogen) atoms. The van der Waals surface area contributed by atoms with Gasteiger partial charge in [0.2, 0.25) is 5.88 Å². The summed E-state index contributed by atoms with van der Waals surface area (Å²) in [7, 11) is 1.64. The number of aromatic nitrogens is 1. The van der Waals surface area contributed by atoms with Crippen LogP contribution in [0.25, 0.3) is 17.2 Å². The largest absolute Gasteiger partial charge is 0.481 e. The molecule has 2 heterocycles. The van der Waals surface area contributed by atoms with Crippen LogP contribution in [-0.4, -0.2) is 49.5 Å². The molecule has 1 saturated carbocycles. The fraction of sp³-hybridized carbons (Fsp3) is 0.312. The Bertz CT molecular complexity index is 1330. The predicted octanol–water partition coefficient (Wildman–Crippen LogP) is 6.09. The molecule has 0 bridgehead atoms. The second-order valence-electron chi connectivity index (χ2n) is 9.90. The van der Waals surface area contributed by atoms with Gasteiger partial charge in [-0.3, -0.25) is 0 Å². The molecule has 2 aliphatic rings. The first kappa shape index (κ1) is 25.7. The number of pyridine rings is 1. The van der Waals surface area contributed by atoms with Crippen molar-refractivity contribution in [3.8, 4) is 5.88 Å². The monoisotopic (exact) mass is 510 g/mol. The number of nitrogens with zero attached hydrogens (tertiary/aromatic N) is 2. The zero-order chi connectivity index (χ0) is 26.5. The molecule has 0 amide bonds. The number of carboxylic acid groups (broad SMARTS) is 1. The van der Waals surface area contributed by atoms with Crippen LogP contribution in [0.3, 0.4) is 0 Å². The molecule has 0 unspecified atom stereocenters. The molecule has 196 valence electrons. The SMILES string of the molecule is COc1cc(C)c(/C(=C(\c2ccc(/C=C/C(=O)O)cc2)c2ccc(N3CCOCC3)cc2)C2CCC2)cn1. The summed E-state index contributed by atoms with van der Waals surface area (Å²) in [5, 5.41) is 9.02. The Morgan fingerprint density at radius 1 is 1.05 bits per heavy atom. The normalized spacial score (nSPS) is 16.7. The lowest BCUT2D eigenvalue weighted by Crippen LogP contribution is -2.36. The smallest absolute Gasteiger partial charge is 0.328 e. The minimum atomic E-state index is -0.954. The third-order valence-electron chi connectivity index (χ3n) is 7.52. The van der Waals surface area contributed by atoms with E-state index in [-0.39, 0.29) is 0 Å². The van der Waals surface area contributed by atoms with Gasteiger partial charge in [0.15, 0.2) is 0 Å². The zero-order valence-electron chi connectivity index (χ0n) is 22.0. The van der Waals surface area contributed by atoms with E-state index in [1.54, 1.807) is 13.2 Å². The molecule has 3 aromatic rings. The summed E-state index contributed by atoms with van der Waals surface area (Å²) in [6.45, 7) is 5.43. The first-order chi connectivity index (χ1) is 18.5. The van der Waals surface area contributed by atoms with Crippen molar-refractivity contribution in [2.75, 3.05) is 38.3 Å². The molecule has 1 aliphatic heterocycles. The Kier molecular flexibility index (Phi) is 7.89. The van der Waals surface area contributed by atoms with E-state index in [2.05, 4.69) is 53.2 Å². The lowest BCUT2D eigenvalue weighted by Gasteiger charge is -2.32. The average molecular weight is 511 g/mol. The maximum absolute atomic E-state index is 11.0. The number of morpholine rings is 1. The summed E-state index contributed by atoms with van der Waals surface area (Å²) in [6.07, 6.45) is 8.26. The Morgan fingerprint density at radius 2 is 1.71 bits per heavy atom. The van der Waals surface area contributed by atoms with Crippen molar-refractivity contribution in [3.05, 3.63) is 94.7 Å². The lowest BCUT2D eigenvalue weighted by atomic mass is 9.72. The van der Waals surface area contributed by atoms with Gasteiger partial charge in [-0.1, -0.05) is 42.8 Å². The number of anilines is 1. The molecule has 5 rings (SSSR count). The van der Waals surface area contributed by atoms with Crippen LogP contribution in [0.2, 0.25) is 0 Å². The van der Waals surface area contributed by atoms with Crippen LogP contribution in [0.5, 0.6) is 5.88 Å². The third kappa shape index (κ3) is 5.65. The first-order valence-corrected chi connectivity index (χ1v) is 13.2. The summed E-state index contributed by atoms with van der Waals surface area (Å²) in [4.78, 5) is 17.9. The summed E-state index contributed by atoms with van der Waals surface area (Å²) in [5.74, 6) is 0.111. The molecule has 2 aromatic carbocycles. The highest BCUT2D eigenvalue weighted by Crippen LogP contribution is 2.46. The van der Waals surface area contributed by atoms with E-state index in [1.807, 2.05) is 24.4 Å². The van der Waals surface area contributed by atoms with E-state index in [0.29, 0.717) is 11.8 Å². The second kappa shape index (κ2) is 11.7. The van der Waals surface area contributed by atoms with Gasteiger partial charge in [0, 0.05) is 42.7 Å². The van der Waals surface area contributed by atoms with E-state index >= 15 is 0 Å². The van der Waals surface area contributed by atoms with Gasteiger partial charge < -0.3 is 19.5 Å². The maximum atomic E-state index is 11.0. The molecule has 1 aliphatic carbocycles. The van der Waals surface area contributed by atoms with Crippen LogP contribution in [-0.2, 0) is 9.53 Å². The van der Waals surface area contributed by atoms with E-state index in [9.17, 15) is 4.79 Å². The highest BCUT2D eigenvalue weighted by molar-refractivity contribution is 6.00. The molecule has 0 spiro atoms. The lowest BCUT2D eigenvalue weighted by molar-refractivity contribution is -0.131. The number of carboxylic acids is 1. The van der Waals surface area contributed by atoms with Crippen molar-refractivity contribution in [2.45, 2.75) is 26.2 Å². The topological polar surface area (TPSA) is 71.9 Å². The third-order valence-corrected chi connectivity index (χ3v) is 7.52. The highest BCUT2D eigenvalue weighted by Gasteiger charge is 2.28. The van der Waals surface area contributed by atoms with Crippen LogP contribution in [0.1, 0.15) is 47.1 Å². The summed E-state index contributed by atoms with van der Waals surface area (Å²) in [6, 6.07) is 19.0. The molecule has 1 N–H and O–H groups in total. The van der Waals surface area contributed by atoms with Gasteiger partial charge in [-0.2, -0.15) is 0 Å². The van der Waals surface area contributed by atoms with Gasteiger partial charge in [0.1, 0.15) is 0 Å². The van der Waals surface area contributed by atoms with Gasteiger partial charge in [0.25, 0.3) is 0 Å². The van der Waals surface area contributed by atoms with Crippen molar-refractivity contribution < 1.29 is 19.4 Å². The summed E-state index contributed by atoms with van der Waals surface area (Å²) in [5.41, 5.74) is 9.13. The fourth-order valence-corrected chi connectivity index (χ4v) is 5.25. The molecule has 2 fully saturated rings. The number of aryl methyl sites for hydroxylation is 1. The van der Waals surface area contributed by atoms with Gasteiger partial charge in [-0.05, 0) is 77.3 Å². The number of hydrogen-bond acceptors (Lipinski definition) is 5. The van der Waals surface area contributed by atoms with Crippen LogP contribution in [0.15, 0.2) is 66.9 Å². The number of methoxy groups -OCH3 is 1. The first-order valence-electron chi connectivity index (χ1n) is 13.2. The van der Waals surface area contributed by atoms with E-state index in [1.165, 1.54) is 29.3 Å². The number of hydrogen-bond donors (Lipinski definition) is 1. The minimum Gasteiger partial charge on any atom is -0.481 e. The van der Waals surface area contributed by atoms with Crippen LogP contribution >= 0.6 is 0 Å². The Labute approximate surface area is 224 Å². The fourth-order valence-electron chi connectivity index (χ4n) is 5.25. The van der Waals surface area contributed by atoms with E-state index < -0.39 is 5.97 Å². The predicted molar refractivity (Wildman–Crippen MR) is 151 cm³/mol. The van der Waals surface area contributed by atoms with Crippen molar-refractivity contribution in [3.63, 3.8) is 0 Å². The minimum absolute atomic E-state index is 0.449. The number of aliphatic carboxylic acids is 1. The highest BCUT2D eigenvalue weighted by atomic mass is 16.5. The second-order valence-corrected chi connectivity index (χ2v) is 9.90. The standard InChI is InChI=1S/C32H34N2O4/c1-22-20-29(37-2)33-21-28(22)32(24-4-3-5-24)31(25-9-6-23(7-10-25)8-15-30(35)36)26-11-13-27(14-12-26)34-16-18-38-19-17-34/h6-15,20-21,24H,3-5,16-19H2,1-2H3,(H,35,36)/b15-8+,32-31+. The Hall–Kier alpha value is -3.90. The van der Waals surface area contributed by atoms with E-state index in [4.69, 9.17) is 14.6 Å². The van der Waals surface area contributed by atoms with Gasteiger partial charge in [0.05, 0.1) is 20.3 Å². The molecular formula is C32H34N2O4. The van der Waals surface area contributed by atoms with Crippen molar-refractivity contribution in [1.82, 2.24) is 4.98 Å². The van der Waals surface area contributed by atoms with Gasteiger partial charge >= 0.3 is 5.97 Å². The van der Waals surface area contributed by atoms with Crippen LogP contribution in [0.4, 0.5) is 5.69 Å². The van der Waals surface area contributed by atoms with Crippen LogP contribution in [0, 0.1) is 12.8 Å². The van der Waals surface area contributed by atoms with Gasteiger partial charge in [-0.15, -0.1) is 0 Å². The number of ether oxygens (including phenoxy) is 2. The van der Waals surface area contributed by atoms with Crippen molar-refractivity contribution in [2.24, 2.45) is 5.92 Å². The maximum Gasteiger partial charge on any atom is 0.328 e. The molecule has 1 aromatic heterocycles. The number of rotatable bonds is 8. The molecule has 0 atom stereocenters. The molecule has 6 heteroatoms. The van der Waals surface area contributed by atoms with Crippen molar-refractivity contribution in [1.29, 1.82) is 0 Å². The Balaban J connectivity index is 1.64. The number of benzene rings is 2. The molecular weight excluding hydrogens is 476 g/mol. The molecule has 6 nitrogen and oxygen atoms in total. The quantitative estimate of drug-likeness (QED) is 0.370.